The molecule has 0 aliphatic heterocycles. The Bertz CT molecular complexity index is 984. The molecule has 0 aliphatic rings. The van der Waals surface area contributed by atoms with E-state index in [2.05, 4.69) is 5.32 Å². The van der Waals surface area contributed by atoms with Crippen LogP contribution in [-0.2, 0) is 24.3 Å². The fraction of sp³-hybridized carbons (Fsp3) is 0.118. The molecule has 0 radical (unpaired) electrons. The van der Waals surface area contributed by atoms with E-state index >= 15 is 0 Å². The number of hydrogen-bond donors (Lipinski definition) is 2. The fourth-order valence-corrected chi connectivity index (χ4v) is 3.20. The number of anilines is 1. The maximum absolute atomic E-state index is 12.2. The highest BCUT2D eigenvalue weighted by atomic mass is 35.5. The molecule has 0 atom stereocenters. The minimum absolute atomic E-state index is 0.0549. The van der Waals surface area contributed by atoms with E-state index in [1.54, 1.807) is 30.3 Å². The molecule has 0 unspecified atom stereocenters. The number of carbonyl (C=O) groups is 2. The quantitative estimate of drug-likeness (QED) is 0.672. The highest BCUT2D eigenvalue weighted by Crippen LogP contribution is 2.14. The molecule has 1 amide bonds. The van der Waals surface area contributed by atoms with Crippen LogP contribution in [0.1, 0.15) is 5.56 Å². The third-order valence-electron chi connectivity index (χ3n) is 3.20. The Balaban J connectivity index is 1.84. The van der Waals surface area contributed by atoms with Crippen molar-refractivity contribution in [3.8, 4) is 6.07 Å². The second-order valence-electron chi connectivity index (χ2n) is 5.15. The van der Waals surface area contributed by atoms with Crippen molar-refractivity contribution < 1.29 is 22.7 Å². The van der Waals surface area contributed by atoms with Gasteiger partial charge in [0.2, 0.25) is 10.0 Å². The molecule has 2 aromatic carbocycles. The lowest BCUT2D eigenvalue weighted by molar-refractivity contribution is -0.146. The second kappa shape index (κ2) is 9.14. The van der Waals surface area contributed by atoms with Gasteiger partial charge in [0.05, 0.1) is 10.5 Å². The highest BCUT2D eigenvalue weighted by Gasteiger charge is 2.19. The van der Waals surface area contributed by atoms with Gasteiger partial charge in [-0.2, -0.15) is 9.98 Å². The molecule has 2 aromatic rings. The first-order valence-electron chi connectivity index (χ1n) is 7.51. The number of carbonyl (C=O) groups excluding carboxylic acids is 2. The van der Waals surface area contributed by atoms with Gasteiger partial charge < -0.3 is 10.1 Å². The summed E-state index contributed by atoms with van der Waals surface area (Å²) < 4.78 is 31.1. The van der Waals surface area contributed by atoms with Crippen LogP contribution in [0.3, 0.4) is 0 Å². The summed E-state index contributed by atoms with van der Waals surface area (Å²) >= 11 is 5.73. The van der Waals surface area contributed by atoms with Crippen LogP contribution in [0.5, 0.6) is 0 Å². The van der Waals surface area contributed by atoms with Crippen molar-refractivity contribution in [2.75, 3.05) is 18.5 Å². The van der Waals surface area contributed by atoms with E-state index in [9.17, 15) is 18.0 Å². The number of ether oxygens (including phenoxy) is 1. The van der Waals surface area contributed by atoms with Crippen molar-refractivity contribution in [1.82, 2.24) is 4.72 Å². The number of esters is 1. The number of nitrogens with one attached hydrogen (secondary N) is 2. The van der Waals surface area contributed by atoms with Gasteiger partial charge in [-0.25, -0.2) is 8.42 Å². The van der Waals surface area contributed by atoms with Gasteiger partial charge in [-0.1, -0.05) is 23.7 Å². The average Bonchev–Trinajstić information content (AvgIpc) is 2.66. The van der Waals surface area contributed by atoms with Crippen molar-refractivity contribution in [1.29, 1.82) is 5.26 Å². The van der Waals surface area contributed by atoms with E-state index in [1.165, 1.54) is 24.3 Å². The Kier molecular flexibility index (Phi) is 6.90. The molecule has 8 nitrogen and oxygen atoms in total. The number of nitrogens with zero attached hydrogens (tertiary/aromatic N) is 1. The zero-order valence-electron chi connectivity index (χ0n) is 13.8. The van der Waals surface area contributed by atoms with Crippen molar-refractivity contribution in [3.63, 3.8) is 0 Å². The molecule has 27 heavy (non-hydrogen) atoms. The van der Waals surface area contributed by atoms with Crippen molar-refractivity contribution >= 4 is 39.2 Å². The van der Waals surface area contributed by atoms with Gasteiger partial charge in [0.25, 0.3) is 5.91 Å². The van der Waals surface area contributed by atoms with Crippen molar-refractivity contribution in [2.45, 2.75) is 4.90 Å². The van der Waals surface area contributed by atoms with Gasteiger partial charge in [-0.3, -0.25) is 9.59 Å². The molecule has 140 valence electrons. The van der Waals surface area contributed by atoms with E-state index in [1.807, 2.05) is 4.72 Å². The van der Waals surface area contributed by atoms with Gasteiger partial charge in [0.15, 0.2) is 6.61 Å². The van der Waals surface area contributed by atoms with E-state index < -0.39 is 35.1 Å². The summed E-state index contributed by atoms with van der Waals surface area (Å²) in [5.41, 5.74) is 0.412. The van der Waals surface area contributed by atoms with Crippen LogP contribution in [0.2, 0.25) is 5.02 Å². The minimum atomic E-state index is -4.08. The first-order valence-corrected chi connectivity index (χ1v) is 9.38. The van der Waals surface area contributed by atoms with E-state index in [-0.39, 0.29) is 10.5 Å². The largest absolute Gasteiger partial charge is 0.455 e. The highest BCUT2D eigenvalue weighted by molar-refractivity contribution is 7.89. The van der Waals surface area contributed by atoms with Crippen LogP contribution in [0.25, 0.3) is 0 Å². The number of halogens is 1. The molecule has 10 heteroatoms. The summed E-state index contributed by atoms with van der Waals surface area (Å²) in [6, 6.07) is 13.6. The zero-order valence-corrected chi connectivity index (χ0v) is 15.4. The van der Waals surface area contributed by atoms with Crippen molar-refractivity contribution in [2.24, 2.45) is 0 Å². The molecular weight excluding hydrogens is 394 g/mol. The average molecular weight is 408 g/mol. The Hall–Kier alpha value is -2.93. The van der Waals surface area contributed by atoms with E-state index in [4.69, 9.17) is 21.6 Å². The van der Waals surface area contributed by atoms with Crippen LogP contribution in [0.15, 0.2) is 53.4 Å². The summed E-state index contributed by atoms with van der Waals surface area (Å²) in [5.74, 6) is -1.54. The lowest BCUT2D eigenvalue weighted by Crippen LogP contribution is -2.32. The lowest BCUT2D eigenvalue weighted by atomic mass is 10.2. The molecule has 0 heterocycles. The summed E-state index contributed by atoms with van der Waals surface area (Å²) in [6.07, 6.45) is 0. The molecule has 2 rings (SSSR count). The number of sulfonamides is 1. The minimum Gasteiger partial charge on any atom is -0.455 e. The maximum Gasteiger partial charge on any atom is 0.321 e. The van der Waals surface area contributed by atoms with Gasteiger partial charge in [-0.05, 0) is 36.4 Å². The number of benzene rings is 2. The van der Waals surface area contributed by atoms with Gasteiger partial charge in [-0.15, -0.1) is 0 Å². The first kappa shape index (κ1) is 20.4. The molecular formula is C17H14ClN3O5S. The normalized spacial score (nSPS) is 10.7. The number of nitriles is 1. The zero-order chi connectivity index (χ0) is 19.9. The predicted molar refractivity (Wildman–Crippen MR) is 97.4 cm³/mol. The molecule has 0 saturated carbocycles. The monoisotopic (exact) mass is 407 g/mol. The van der Waals surface area contributed by atoms with E-state index in [0.717, 1.165) is 0 Å². The SMILES string of the molecule is N#Cc1ccccc1S(=O)(=O)NCC(=O)OCC(=O)Nc1ccc(Cl)cc1. The maximum atomic E-state index is 12.2. The third-order valence-corrected chi connectivity index (χ3v) is 4.91. The van der Waals surface area contributed by atoms with Crippen molar-refractivity contribution in [3.05, 3.63) is 59.1 Å². The summed E-state index contributed by atoms with van der Waals surface area (Å²) in [4.78, 5) is 23.1. The number of rotatable bonds is 7. The third kappa shape index (κ3) is 6.07. The smallest absolute Gasteiger partial charge is 0.321 e. The fourth-order valence-electron chi connectivity index (χ4n) is 1.95. The number of amides is 1. The van der Waals surface area contributed by atoms with E-state index in [0.29, 0.717) is 10.7 Å². The van der Waals surface area contributed by atoms with Crippen LogP contribution < -0.4 is 10.0 Å². The second-order valence-corrected chi connectivity index (χ2v) is 7.32. The van der Waals surface area contributed by atoms with Crippen LogP contribution in [-0.4, -0.2) is 33.4 Å². The Morgan fingerprint density at radius 2 is 1.78 bits per heavy atom. The Labute approximate surface area is 160 Å². The standard InChI is InChI=1S/C17H14ClN3O5S/c18-13-5-7-14(8-6-13)21-16(22)11-26-17(23)10-20-27(24,25)15-4-2-1-3-12(15)9-19/h1-8,20H,10-11H2,(H,21,22). The molecule has 0 saturated heterocycles. The summed E-state index contributed by atoms with van der Waals surface area (Å²) in [7, 11) is -4.08. The number of hydrogen-bond acceptors (Lipinski definition) is 6. The molecule has 0 aromatic heterocycles. The Morgan fingerprint density at radius 1 is 1.11 bits per heavy atom. The van der Waals surface area contributed by atoms with Gasteiger partial charge in [0, 0.05) is 10.7 Å². The first-order chi connectivity index (χ1) is 12.8. The predicted octanol–water partition coefficient (Wildman–Crippen LogP) is 1.67. The lowest BCUT2D eigenvalue weighted by Gasteiger charge is -2.09. The molecule has 2 N–H and O–H groups in total. The summed E-state index contributed by atoms with van der Waals surface area (Å²) in [5, 5.41) is 11.9. The van der Waals surface area contributed by atoms with Gasteiger partial charge in [0.1, 0.15) is 12.6 Å². The molecule has 0 aliphatic carbocycles. The van der Waals surface area contributed by atoms with Crippen LogP contribution in [0.4, 0.5) is 5.69 Å². The topological polar surface area (TPSA) is 125 Å². The molecule has 0 fully saturated rings. The Morgan fingerprint density at radius 3 is 2.44 bits per heavy atom. The molecule has 0 bridgehead atoms. The summed E-state index contributed by atoms with van der Waals surface area (Å²) in [6.45, 7) is -1.27. The van der Waals surface area contributed by atoms with Crippen LogP contribution in [0, 0.1) is 11.3 Å². The van der Waals surface area contributed by atoms with Gasteiger partial charge >= 0.3 is 5.97 Å². The molecule has 0 spiro atoms. The van der Waals surface area contributed by atoms with Crippen LogP contribution >= 0.6 is 11.6 Å².